The number of hydrogen-bond donors (Lipinski definition) is 2. The number of anilines is 2. The predicted molar refractivity (Wildman–Crippen MR) is 116 cm³/mol. The molecule has 0 bridgehead atoms. The van der Waals surface area contributed by atoms with Crippen molar-refractivity contribution in [1.29, 1.82) is 0 Å². The maximum atomic E-state index is 12.8. The summed E-state index contributed by atoms with van der Waals surface area (Å²) in [5, 5.41) is 8.79. The molecule has 28 heavy (non-hydrogen) atoms. The number of rotatable bonds is 7. The number of benzene rings is 2. The van der Waals surface area contributed by atoms with Crippen molar-refractivity contribution in [2.24, 2.45) is 0 Å². The Morgan fingerprint density at radius 2 is 1.71 bits per heavy atom. The maximum Gasteiger partial charge on any atom is 0.256 e. The van der Waals surface area contributed by atoms with Gasteiger partial charge in [-0.05, 0) is 43.3 Å². The summed E-state index contributed by atoms with van der Waals surface area (Å²) in [4.78, 5) is 29.6. The fourth-order valence-electron chi connectivity index (χ4n) is 2.49. The Morgan fingerprint density at radius 3 is 2.36 bits per heavy atom. The molecule has 0 spiro atoms. The third-order valence-electron chi connectivity index (χ3n) is 3.92. The summed E-state index contributed by atoms with van der Waals surface area (Å²) in [7, 11) is 0. The Bertz CT molecular complexity index is 968. The first kappa shape index (κ1) is 20.1. The third-order valence-corrected chi connectivity index (χ3v) is 5.85. The minimum atomic E-state index is -0.164. The van der Waals surface area contributed by atoms with Crippen molar-refractivity contribution in [1.82, 2.24) is 4.98 Å². The first-order valence-corrected chi connectivity index (χ1v) is 10.8. The van der Waals surface area contributed by atoms with E-state index in [1.165, 1.54) is 0 Å². The highest BCUT2D eigenvalue weighted by Crippen LogP contribution is 2.27. The van der Waals surface area contributed by atoms with E-state index >= 15 is 0 Å². The molecule has 1 heterocycles. The molecule has 1 aromatic heterocycles. The van der Waals surface area contributed by atoms with E-state index in [1.807, 2.05) is 36.6 Å². The molecule has 2 aromatic carbocycles. The molecule has 7 heteroatoms. The SMILES string of the molecule is CCC(=O)Nc1ccc(NC(=O)c2ccccc2SCc2csc(C)n2)cc1. The maximum absolute atomic E-state index is 12.8. The highest BCUT2D eigenvalue weighted by molar-refractivity contribution is 7.98. The van der Waals surface area contributed by atoms with Gasteiger partial charge in [0.05, 0.1) is 16.3 Å². The number of carbonyl (C=O) groups excluding carboxylic acids is 2. The Hall–Kier alpha value is -2.64. The van der Waals surface area contributed by atoms with Crippen molar-refractivity contribution in [2.45, 2.75) is 30.9 Å². The van der Waals surface area contributed by atoms with Gasteiger partial charge < -0.3 is 10.6 Å². The quantitative estimate of drug-likeness (QED) is 0.515. The van der Waals surface area contributed by atoms with Crippen molar-refractivity contribution < 1.29 is 9.59 Å². The van der Waals surface area contributed by atoms with Crippen LogP contribution in [0.15, 0.2) is 58.8 Å². The molecule has 2 N–H and O–H groups in total. The van der Waals surface area contributed by atoms with Crippen molar-refractivity contribution in [3.05, 3.63) is 70.2 Å². The molecule has 5 nitrogen and oxygen atoms in total. The van der Waals surface area contributed by atoms with Gasteiger partial charge in [0.25, 0.3) is 5.91 Å². The minimum absolute atomic E-state index is 0.0435. The first-order valence-electron chi connectivity index (χ1n) is 8.89. The normalized spacial score (nSPS) is 10.5. The predicted octanol–water partition coefficient (Wildman–Crippen LogP) is 5.34. The molecule has 0 unspecified atom stereocenters. The van der Waals surface area contributed by atoms with Crippen LogP contribution in [-0.4, -0.2) is 16.8 Å². The highest BCUT2D eigenvalue weighted by Gasteiger charge is 2.12. The van der Waals surface area contributed by atoms with E-state index in [9.17, 15) is 9.59 Å². The van der Waals surface area contributed by atoms with Crippen LogP contribution in [0, 0.1) is 6.92 Å². The molecule has 0 saturated heterocycles. The lowest BCUT2D eigenvalue weighted by Crippen LogP contribution is -2.13. The van der Waals surface area contributed by atoms with Crippen LogP contribution in [0.4, 0.5) is 11.4 Å². The van der Waals surface area contributed by atoms with Crippen molar-refractivity contribution >= 4 is 46.3 Å². The molecule has 0 fully saturated rings. The summed E-state index contributed by atoms with van der Waals surface area (Å²) < 4.78 is 0. The number of carbonyl (C=O) groups is 2. The molecule has 0 aliphatic carbocycles. The zero-order valence-corrected chi connectivity index (χ0v) is 17.3. The topological polar surface area (TPSA) is 71.1 Å². The zero-order chi connectivity index (χ0) is 19.9. The number of amides is 2. The second kappa shape index (κ2) is 9.52. The Morgan fingerprint density at radius 1 is 1.04 bits per heavy atom. The van der Waals surface area contributed by atoms with Gasteiger partial charge in [0.1, 0.15) is 0 Å². The second-order valence-corrected chi connectivity index (χ2v) is 8.16. The van der Waals surface area contributed by atoms with Crippen LogP contribution in [0.25, 0.3) is 0 Å². The minimum Gasteiger partial charge on any atom is -0.326 e. The van der Waals surface area contributed by atoms with E-state index in [0.717, 1.165) is 21.3 Å². The third kappa shape index (κ3) is 5.43. The molecule has 3 rings (SSSR count). The van der Waals surface area contributed by atoms with E-state index in [4.69, 9.17) is 0 Å². The number of nitrogens with zero attached hydrogens (tertiary/aromatic N) is 1. The van der Waals surface area contributed by atoms with Gasteiger partial charge in [-0.15, -0.1) is 23.1 Å². The Balaban J connectivity index is 1.66. The van der Waals surface area contributed by atoms with E-state index in [1.54, 1.807) is 54.3 Å². The van der Waals surface area contributed by atoms with Gasteiger partial charge in [-0.3, -0.25) is 9.59 Å². The molecular formula is C21H21N3O2S2. The number of aryl methyl sites for hydroxylation is 1. The number of aromatic nitrogens is 1. The number of thioether (sulfide) groups is 1. The molecule has 0 radical (unpaired) electrons. The van der Waals surface area contributed by atoms with Crippen LogP contribution in [0.5, 0.6) is 0 Å². The van der Waals surface area contributed by atoms with Crippen LogP contribution >= 0.6 is 23.1 Å². The van der Waals surface area contributed by atoms with Gasteiger partial charge in [0, 0.05) is 33.8 Å². The fraction of sp³-hybridized carbons (Fsp3) is 0.190. The standard InChI is InChI=1S/C21H21N3O2S2/c1-3-20(25)23-15-8-10-16(11-9-15)24-21(26)18-6-4-5-7-19(18)28-13-17-12-27-14(2)22-17/h4-12H,3,13H2,1-2H3,(H,23,25)(H,24,26). The number of hydrogen-bond acceptors (Lipinski definition) is 5. The smallest absolute Gasteiger partial charge is 0.256 e. The van der Waals surface area contributed by atoms with Crippen LogP contribution < -0.4 is 10.6 Å². The van der Waals surface area contributed by atoms with Gasteiger partial charge in [0.2, 0.25) is 5.91 Å². The van der Waals surface area contributed by atoms with Crippen LogP contribution in [-0.2, 0) is 10.5 Å². The van der Waals surface area contributed by atoms with Crippen LogP contribution in [0.2, 0.25) is 0 Å². The van der Waals surface area contributed by atoms with Gasteiger partial charge in [-0.25, -0.2) is 4.98 Å². The molecular weight excluding hydrogens is 390 g/mol. The van der Waals surface area contributed by atoms with Gasteiger partial charge in [-0.1, -0.05) is 19.1 Å². The van der Waals surface area contributed by atoms with Crippen LogP contribution in [0.1, 0.15) is 34.4 Å². The lowest BCUT2D eigenvalue weighted by Gasteiger charge is -2.10. The van der Waals surface area contributed by atoms with Gasteiger partial charge in [-0.2, -0.15) is 0 Å². The molecule has 3 aromatic rings. The Kier molecular flexibility index (Phi) is 6.84. The molecule has 144 valence electrons. The monoisotopic (exact) mass is 411 g/mol. The molecule has 0 aliphatic rings. The summed E-state index contributed by atoms with van der Waals surface area (Å²) in [5.41, 5.74) is 3.03. The average molecular weight is 412 g/mol. The summed E-state index contributed by atoms with van der Waals surface area (Å²) in [6, 6.07) is 14.6. The van der Waals surface area contributed by atoms with Gasteiger partial charge >= 0.3 is 0 Å². The van der Waals surface area contributed by atoms with E-state index in [2.05, 4.69) is 15.6 Å². The van der Waals surface area contributed by atoms with Crippen molar-refractivity contribution in [3.63, 3.8) is 0 Å². The lowest BCUT2D eigenvalue weighted by atomic mass is 10.2. The Labute approximate surface area is 172 Å². The van der Waals surface area contributed by atoms with Crippen molar-refractivity contribution in [3.8, 4) is 0 Å². The van der Waals surface area contributed by atoms with E-state index < -0.39 is 0 Å². The molecule has 2 amide bonds. The number of thiazole rings is 1. The summed E-state index contributed by atoms with van der Waals surface area (Å²) in [6.07, 6.45) is 0.424. The highest BCUT2D eigenvalue weighted by atomic mass is 32.2. The zero-order valence-electron chi connectivity index (χ0n) is 15.7. The first-order chi connectivity index (χ1) is 13.5. The van der Waals surface area contributed by atoms with Crippen molar-refractivity contribution in [2.75, 3.05) is 10.6 Å². The lowest BCUT2D eigenvalue weighted by molar-refractivity contribution is -0.115. The molecule has 0 aliphatic heterocycles. The largest absolute Gasteiger partial charge is 0.326 e. The summed E-state index contributed by atoms with van der Waals surface area (Å²) in [6.45, 7) is 3.79. The second-order valence-electron chi connectivity index (χ2n) is 6.08. The molecule has 0 atom stereocenters. The fourth-order valence-corrected chi connectivity index (χ4v) is 4.15. The summed E-state index contributed by atoms with van der Waals surface area (Å²) in [5.74, 6) is 0.515. The van der Waals surface area contributed by atoms with Crippen LogP contribution in [0.3, 0.4) is 0 Å². The van der Waals surface area contributed by atoms with E-state index in [-0.39, 0.29) is 11.8 Å². The average Bonchev–Trinajstić information content (AvgIpc) is 3.13. The summed E-state index contributed by atoms with van der Waals surface area (Å²) >= 11 is 3.23. The van der Waals surface area contributed by atoms with E-state index in [0.29, 0.717) is 23.4 Å². The number of nitrogens with one attached hydrogen (secondary N) is 2. The van der Waals surface area contributed by atoms with Gasteiger partial charge in [0.15, 0.2) is 0 Å². The molecule has 0 saturated carbocycles.